The van der Waals surface area contributed by atoms with Crippen molar-refractivity contribution in [2.45, 2.75) is 12.5 Å². The standard InChI is InChI=1S/C18H22ClFN2O2S/c1-22(2)18(15-7-5-8-16(19)12-15)13-21-25(23,24)11-10-14-6-3-4-9-17(14)20/h3-9,12,18,21H,10-11,13H2,1-2H3. The van der Waals surface area contributed by atoms with Gasteiger partial charge in [0.2, 0.25) is 10.0 Å². The highest BCUT2D eigenvalue weighted by Crippen LogP contribution is 2.21. The predicted molar refractivity (Wildman–Crippen MR) is 99.8 cm³/mol. The average molecular weight is 385 g/mol. The third kappa shape index (κ3) is 6.08. The Morgan fingerprint density at radius 1 is 1.16 bits per heavy atom. The largest absolute Gasteiger partial charge is 0.301 e. The molecule has 7 heteroatoms. The summed E-state index contributed by atoms with van der Waals surface area (Å²) < 4.78 is 40.7. The minimum absolute atomic E-state index is 0.131. The van der Waals surface area contributed by atoms with Gasteiger partial charge in [0.1, 0.15) is 5.82 Å². The van der Waals surface area contributed by atoms with E-state index in [-0.39, 0.29) is 30.6 Å². The Hall–Kier alpha value is -1.47. The molecular formula is C18H22ClFN2O2S. The van der Waals surface area contributed by atoms with Crippen LogP contribution < -0.4 is 4.72 Å². The third-order valence-corrected chi connectivity index (χ3v) is 5.53. The van der Waals surface area contributed by atoms with Crippen molar-refractivity contribution in [2.24, 2.45) is 0 Å². The molecule has 1 unspecified atom stereocenters. The van der Waals surface area contributed by atoms with Crippen molar-refractivity contribution in [2.75, 3.05) is 26.4 Å². The molecule has 0 aliphatic heterocycles. The summed E-state index contributed by atoms with van der Waals surface area (Å²) >= 11 is 6.02. The van der Waals surface area contributed by atoms with Gasteiger partial charge < -0.3 is 4.90 Å². The van der Waals surface area contributed by atoms with Gasteiger partial charge in [-0.25, -0.2) is 17.5 Å². The lowest BCUT2D eigenvalue weighted by atomic mass is 10.1. The molecular weight excluding hydrogens is 363 g/mol. The maximum Gasteiger partial charge on any atom is 0.211 e. The van der Waals surface area contributed by atoms with Crippen LogP contribution in [0.3, 0.4) is 0 Å². The number of benzene rings is 2. The minimum atomic E-state index is -3.52. The lowest BCUT2D eigenvalue weighted by molar-refractivity contribution is 0.299. The second-order valence-corrected chi connectivity index (χ2v) is 8.41. The van der Waals surface area contributed by atoms with Gasteiger partial charge in [-0.15, -0.1) is 0 Å². The first-order valence-corrected chi connectivity index (χ1v) is 9.94. The molecule has 2 aromatic carbocycles. The number of halogens is 2. The van der Waals surface area contributed by atoms with Crippen LogP contribution in [0.25, 0.3) is 0 Å². The summed E-state index contributed by atoms with van der Waals surface area (Å²) in [5.41, 5.74) is 1.32. The molecule has 1 N–H and O–H groups in total. The van der Waals surface area contributed by atoms with Crippen molar-refractivity contribution in [3.05, 3.63) is 70.5 Å². The number of hydrogen-bond acceptors (Lipinski definition) is 3. The Kier molecular flexibility index (Phi) is 6.95. The van der Waals surface area contributed by atoms with E-state index in [0.29, 0.717) is 10.6 Å². The zero-order valence-electron chi connectivity index (χ0n) is 14.2. The van der Waals surface area contributed by atoms with Crippen LogP contribution in [0.2, 0.25) is 5.02 Å². The fourth-order valence-electron chi connectivity index (χ4n) is 2.54. The Bertz CT molecular complexity index is 812. The molecule has 2 aromatic rings. The van der Waals surface area contributed by atoms with E-state index >= 15 is 0 Å². The first kappa shape index (κ1) is 19.8. The Balaban J connectivity index is 2.00. The van der Waals surface area contributed by atoms with Crippen molar-refractivity contribution in [3.8, 4) is 0 Å². The van der Waals surface area contributed by atoms with Crippen molar-refractivity contribution in [1.82, 2.24) is 9.62 Å². The van der Waals surface area contributed by atoms with Crippen molar-refractivity contribution < 1.29 is 12.8 Å². The van der Waals surface area contributed by atoms with E-state index in [4.69, 9.17) is 11.6 Å². The number of sulfonamides is 1. The van der Waals surface area contributed by atoms with Crippen molar-refractivity contribution in [3.63, 3.8) is 0 Å². The molecule has 0 amide bonds. The summed E-state index contributed by atoms with van der Waals surface area (Å²) in [6.07, 6.45) is 0.131. The van der Waals surface area contributed by atoms with Gasteiger partial charge >= 0.3 is 0 Å². The van der Waals surface area contributed by atoms with Crippen LogP contribution in [0.5, 0.6) is 0 Å². The second kappa shape index (κ2) is 8.76. The number of likely N-dealkylation sites (N-methyl/N-ethyl adjacent to an activating group) is 1. The molecule has 0 heterocycles. The highest BCUT2D eigenvalue weighted by Gasteiger charge is 2.19. The van der Waals surface area contributed by atoms with E-state index in [0.717, 1.165) is 5.56 Å². The summed E-state index contributed by atoms with van der Waals surface area (Å²) in [7, 11) is 0.229. The summed E-state index contributed by atoms with van der Waals surface area (Å²) in [5, 5.41) is 0.603. The monoisotopic (exact) mass is 384 g/mol. The molecule has 0 aromatic heterocycles. The molecule has 0 spiro atoms. The number of nitrogens with zero attached hydrogens (tertiary/aromatic N) is 1. The highest BCUT2D eigenvalue weighted by molar-refractivity contribution is 7.89. The number of hydrogen-bond donors (Lipinski definition) is 1. The van der Waals surface area contributed by atoms with E-state index in [1.807, 2.05) is 37.2 Å². The smallest absolute Gasteiger partial charge is 0.211 e. The van der Waals surface area contributed by atoms with Gasteiger partial charge in [0, 0.05) is 17.6 Å². The second-order valence-electron chi connectivity index (χ2n) is 6.04. The molecule has 1 atom stereocenters. The third-order valence-electron chi connectivity index (χ3n) is 3.95. The van der Waals surface area contributed by atoms with Gasteiger partial charge in [0.05, 0.1) is 5.75 Å². The molecule has 0 fully saturated rings. The number of rotatable bonds is 8. The number of nitrogens with one attached hydrogen (secondary N) is 1. The maximum absolute atomic E-state index is 13.6. The normalized spacial score (nSPS) is 13.2. The van der Waals surface area contributed by atoms with Crippen LogP contribution in [-0.4, -0.2) is 39.7 Å². The molecule has 0 radical (unpaired) electrons. The molecule has 0 aliphatic carbocycles. The van der Waals surface area contributed by atoms with Gasteiger partial charge in [-0.2, -0.15) is 0 Å². The molecule has 0 aliphatic rings. The van der Waals surface area contributed by atoms with Crippen LogP contribution in [0.4, 0.5) is 4.39 Å². The fraction of sp³-hybridized carbons (Fsp3) is 0.333. The van der Waals surface area contributed by atoms with Crippen molar-refractivity contribution >= 4 is 21.6 Å². The van der Waals surface area contributed by atoms with Gasteiger partial charge in [-0.1, -0.05) is 41.9 Å². The van der Waals surface area contributed by atoms with Gasteiger partial charge in [0.25, 0.3) is 0 Å². The van der Waals surface area contributed by atoms with E-state index in [1.165, 1.54) is 6.07 Å². The summed E-state index contributed by atoms with van der Waals surface area (Å²) in [5.74, 6) is -0.549. The Morgan fingerprint density at radius 2 is 1.88 bits per heavy atom. The average Bonchev–Trinajstić information content (AvgIpc) is 2.54. The lowest BCUT2D eigenvalue weighted by Crippen LogP contribution is -2.36. The first-order valence-electron chi connectivity index (χ1n) is 7.91. The maximum atomic E-state index is 13.6. The fourth-order valence-corrected chi connectivity index (χ4v) is 3.78. The van der Waals surface area contributed by atoms with Gasteiger partial charge in [-0.05, 0) is 49.8 Å². The SMILES string of the molecule is CN(C)C(CNS(=O)(=O)CCc1ccccc1F)c1cccc(Cl)c1. The quantitative estimate of drug-likeness (QED) is 0.760. The minimum Gasteiger partial charge on any atom is -0.301 e. The number of aryl methyl sites for hydroxylation is 1. The molecule has 2 rings (SSSR count). The molecule has 0 saturated heterocycles. The van der Waals surface area contributed by atoms with E-state index < -0.39 is 10.0 Å². The zero-order valence-corrected chi connectivity index (χ0v) is 15.8. The van der Waals surface area contributed by atoms with Gasteiger partial charge in [-0.3, -0.25) is 0 Å². The summed E-state index contributed by atoms with van der Waals surface area (Å²) in [6, 6.07) is 13.4. The summed E-state index contributed by atoms with van der Waals surface area (Å²) in [6.45, 7) is 0.215. The van der Waals surface area contributed by atoms with E-state index in [1.54, 1.807) is 24.3 Å². The van der Waals surface area contributed by atoms with Crippen LogP contribution in [0.1, 0.15) is 17.2 Å². The highest BCUT2D eigenvalue weighted by atomic mass is 35.5. The zero-order chi connectivity index (χ0) is 18.4. The van der Waals surface area contributed by atoms with Crippen LogP contribution >= 0.6 is 11.6 Å². The predicted octanol–water partition coefficient (Wildman–Crippen LogP) is 3.24. The first-order chi connectivity index (χ1) is 11.8. The van der Waals surface area contributed by atoms with Crippen molar-refractivity contribution in [1.29, 1.82) is 0 Å². The van der Waals surface area contributed by atoms with Crippen LogP contribution in [0.15, 0.2) is 48.5 Å². The lowest BCUT2D eigenvalue weighted by Gasteiger charge is -2.25. The van der Waals surface area contributed by atoms with Crippen LogP contribution in [-0.2, 0) is 16.4 Å². The van der Waals surface area contributed by atoms with Gasteiger partial charge in [0.15, 0.2) is 0 Å². The molecule has 136 valence electrons. The van der Waals surface area contributed by atoms with E-state index in [9.17, 15) is 12.8 Å². The van der Waals surface area contributed by atoms with Crippen LogP contribution in [0, 0.1) is 5.82 Å². The molecule has 0 bridgehead atoms. The molecule has 0 saturated carbocycles. The summed E-state index contributed by atoms with van der Waals surface area (Å²) in [4.78, 5) is 1.92. The topological polar surface area (TPSA) is 49.4 Å². The molecule has 25 heavy (non-hydrogen) atoms. The Morgan fingerprint density at radius 3 is 2.52 bits per heavy atom. The Labute approximate surface area is 153 Å². The van der Waals surface area contributed by atoms with E-state index in [2.05, 4.69) is 4.72 Å². The molecule has 4 nitrogen and oxygen atoms in total.